The molecule has 0 saturated carbocycles. The van der Waals surface area contributed by atoms with Crippen molar-refractivity contribution in [2.45, 2.75) is 27.7 Å². The van der Waals surface area contributed by atoms with Gasteiger partial charge in [-0.25, -0.2) is 0 Å². The molecule has 0 atom stereocenters. The number of aromatic hydroxyl groups is 1. The Morgan fingerprint density at radius 1 is 0.684 bits per heavy atom. The minimum Gasteiger partial charge on any atom is -0.507 e. The van der Waals surface area contributed by atoms with Gasteiger partial charge >= 0.3 is 0 Å². The second-order valence-electron chi connectivity index (χ2n) is 4.23. The zero-order chi connectivity index (χ0) is 14.3. The lowest BCUT2D eigenvalue weighted by Crippen LogP contribution is -1.92. The SMILES string of the molecule is C/C=C/c1cc(O)c(/C=C/C)c(/C=C/C)c1/C=C/C. The molecular weight excluding hydrogens is 232 g/mol. The molecule has 0 aliphatic heterocycles. The monoisotopic (exact) mass is 254 g/mol. The molecule has 0 heterocycles. The van der Waals surface area contributed by atoms with E-state index in [0.717, 1.165) is 22.3 Å². The van der Waals surface area contributed by atoms with Gasteiger partial charge in [-0.15, -0.1) is 0 Å². The Labute approximate surface area is 116 Å². The molecule has 0 amide bonds. The molecule has 0 saturated heterocycles. The maximum absolute atomic E-state index is 10.2. The van der Waals surface area contributed by atoms with Crippen LogP contribution in [0.4, 0.5) is 0 Å². The fraction of sp³-hybridized carbons (Fsp3) is 0.222. The molecule has 0 bridgehead atoms. The standard InChI is InChI=1S/C18H22O/c1-5-9-14-13-18(19)17(12-8-4)16(11-7-3)15(14)10-6-2/h5-13,19H,1-4H3/b9-5+,10-6+,11-7+,12-8+. The Hall–Kier alpha value is -2.02. The summed E-state index contributed by atoms with van der Waals surface area (Å²) in [6.45, 7) is 7.92. The van der Waals surface area contributed by atoms with Crippen molar-refractivity contribution in [1.29, 1.82) is 0 Å². The predicted octanol–water partition coefficient (Wildman–Crippen LogP) is 5.52. The summed E-state index contributed by atoms with van der Waals surface area (Å²) < 4.78 is 0. The molecule has 1 rings (SSSR count). The molecule has 0 spiro atoms. The summed E-state index contributed by atoms with van der Waals surface area (Å²) in [6, 6.07) is 1.82. The van der Waals surface area contributed by atoms with Gasteiger partial charge in [0.05, 0.1) is 0 Å². The summed E-state index contributed by atoms with van der Waals surface area (Å²) in [4.78, 5) is 0. The molecule has 19 heavy (non-hydrogen) atoms. The maximum Gasteiger partial charge on any atom is 0.124 e. The predicted molar refractivity (Wildman–Crippen MR) is 86.9 cm³/mol. The van der Waals surface area contributed by atoms with E-state index in [1.807, 2.05) is 76.3 Å². The van der Waals surface area contributed by atoms with Gasteiger partial charge in [0, 0.05) is 5.56 Å². The van der Waals surface area contributed by atoms with Crippen LogP contribution in [0, 0.1) is 0 Å². The van der Waals surface area contributed by atoms with Crippen molar-refractivity contribution in [1.82, 2.24) is 0 Å². The van der Waals surface area contributed by atoms with Crippen LogP contribution < -0.4 is 0 Å². The van der Waals surface area contributed by atoms with Gasteiger partial charge < -0.3 is 5.11 Å². The first-order valence-corrected chi connectivity index (χ1v) is 6.60. The van der Waals surface area contributed by atoms with Crippen molar-refractivity contribution >= 4 is 24.3 Å². The van der Waals surface area contributed by atoms with Gasteiger partial charge in [0.1, 0.15) is 5.75 Å². The number of benzene rings is 1. The molecule has 0 aromatic heterocycles. The van der Waals surface area contributed by atoms with Gasteiger partial charge in [-0.3, -0.25) is 0 Å². The van der Waals surface area contributed by atoms with Gasteiger partial charge in [-0.05, 0) is 50.5 Å². The Balaban J connectivity index is 3.74. The maximum atomic E-state index is 10.2. The highest BCUT2D eigenvalue weighted by atomic mass is 16.3. The molecular formula is C18H22O. The second-order valence-corrected chi connectivity index (χ2v) is 4.23. The molecule has 1 aromatic rings. The van der Waals surface area contributed by atoms with Crippen LogP contribution in [0.2, 0.25) is 0 Å². The summed E-state index contributed by atoms with van der Waals surface area (Å²) >= 11 is 0. The van der Waals surface area contributed by atoms with Crippen LogP contribution in [0.25, 0.3) is 24.3 Å². The summed E-state index contributed by atoms with van der Waals surface area (Å²) in [6.07, 6.45) is 16.0. The van der Waals surface area contributed by atoms with E-state index in [-0.39, 0.29) is 0 Å². The minimum atomic E-state index is 0.313. The highest BCUT2D eigenvalue weighted by molar-refractivity contribution is 5.82. The first kappa shape index (κ1) is 15.0. The summed E-state index contributed by atoms with van der Waals surface area (Å²) in [5, 5.41) is 10.2. The fourth-order valence-corrected chi connectivity index (χ4v) is 2.10. The number of allylic oxidation sites excluding steroid dienone is 4. The summed E-state index contributed by atoms with van der Waals surface area (Å²) in [5.41, 5.74) is 4.07. The van der Waals surface area contributed by atoms with Crippen LogP contribution >= 0.6 is 0 Å². The molecule has 0 unspecified atom stereocenters. The van der Waals surface area contributed by atoms with Crippen molar-refractivity contribution in [3.63, 3.8) is 0 Å². The third-order valence-corrected chi connectivity index (χ3v) is 2.81. The lowest BCUT2D eigenvalue weighted by molar-refractivity contribution is 0.473. The van der Waals surface area contributed by atoms with E-state index in [4.69, 9.17) is 0 Å². The topological polar surface area (TPSA) is 20.2 Å². The largest absolute Gasteiger partial charge is 0.507 e. The van der Waals surface area contributed by atoms with Crippen LogP contribution in [0.1, 0.15) is 49.9 Å². The number of phenols is 1. The average Bonchev–Trinajstić information content (AvgIpc) is 2.38. The molecule has 1 heteroatoms. The van der Waals surface area contributed by atoms with Crippen molar-refractivity contribution < 1.29 is 5.11 Å². The van der Waals surface area contributed by atoms with Gasteiger partial charge in [0.2, 0.25) is 0 Å². The zero-order valence-corrected chi connectivity index (χ0v) is 12.1. The van der Waals surface area contributed by atoms with Gasteiger partial charge in [0.15, 0.2) is 0 Å². The third kappa shape index (κ3) is 3.47. The molecule has 100 valence electrons. The van der Waals surface area contributed by atoms with Gasteiger partial charge in [0.25, 0.3) is 0 Å². The van der Waals surface area contributed by atoms with Crippen molar-refractivity contribution in [2.75, 3.05) is 0 Å². The van der Waals surface area contributed by atoms with Gasteiger partial charge in [-0.2, -0.15) is 0 Å². The van der Waals surface area contributed by atoms with E-state index >= 15 is 0 Å². The Morgan fingerprint density at radius 2 is 1.16 bits per heavy atom. The van der Waals surface area contributed by atoms with Gasteiger partial charge in [-0.1, -0.05) is 48.6 Å². The fourth-order valence-electron chi connectivity index (χ4n) is 2.10. The highest BCUT2D eigenvalue weighted by Crippen LogP contribution is 2.32. The molecule has 1 nitrogen and oxygen atoms in total. The first-order chi connectivity index (χ1) is 9.19. The Bertz CT molecular complexity index is 543. The zero-order valence-electron chi connectivity index (χ0n) is 12.1. The van der Waals surface area contributed by atoms with E-state index in [2.05, 4.69) is 6.08 Å². The lowest BCUT2D eigenvalue weighted by atomic mass is 9.93. The number of hydrogen-bond donors (Lipinski definition) is 1. The highest BCUT2D eigenvalue weighted by Gasteiger charge is 2.11. The molecule has 1 N–H and O–H groups in total. The number of rotatable bonds is 4. The molecule has 0 radical (unpaired) electrons. The van der Waals surface area contributed by atoms with Crippen molar-refractivity contribution in [2.24, 2.45) is 0 Å². The number of phenolic OH excluding ortho intramolecular Hbond substituents is 1. The van der Waals surface area contributed by atoms with Crippen LogP contribution in [0.3, 0.4) is 0 Å². The second kappa shape index (κ2) is 7.42. The molecule has 1 aromatic carbocycles. The molecule has 0 fully saturated rings. The van der Waals surface area contributed by atoms with E-state index in [1.165, 1.54) is 0 Å². The van der Waals surface area contributed by atoms with Crippen LogP contribution in [0.5, 0.6) is 5.75 Å². The smallest absolute Gasteiger partial charge is 0.124 e. The molecule has 0 aliphatic carbocycles. The van der Waals surface area contributed by atoms with Crippen LogP contribution in [-0.4, -0.2) is 5.11 Å². The average molecular weight is 254 g/mol. The Morgan fingerprint density at radius 3 is 1.68 bits per heavy atom. The normalized spacial score (nSPS) is 12.6. The van der Waals surface area contributed by atoms with E-state index < -0.39 is 0 Å². The Kier molecular flexibility index (Phi) is 5.87. The van der Waals surface area contributed by atoms with E-state index in [0.29, 0.717) is 5.75 Å². The van der Waals surface area contributed by atoms with Crippen LogP contribution in [-0.2, 0) is 0 Å². The first-order valence-electron chi connectivity index (χ1n) is 6.60. The summed E-state index contributed by atoms with van der Waals surface area (Å²) in [7, 11) is 0. The number of hydrogen-bond acceptors (Lipinski definition) is 1. The van der Waals surface area contributed by atoms with Crippen LogP contribution in [0.15, 0.2) is 30.4 Å². The van der Waals surface area contributed by atoms with E-state index in [1.54, 1.807) is 0 Å². The quantitative estimate of drug-likeness (QED) is 0.749. The molecule has 0 aliphatic rings. The van der Waals surface area contributed by atoms with Crippen molar-refractivity contribution in [3.05, 3.63) is 52.6 Å². The lowest BCUT2D eigenvalue weighted by Gasteiger charge is -2.13. The van der Waals surface area contributed by atoms with Crippen molar-refractivity contribution in [3.8, 4) is 5.75 Å². The minimum absolute atomic E-state index is 0.313. The summed E-state index contributed by atoms with van der Waals surface area (Å²) in [5.74, 6) is 0.313. The van der Waals surface area contributed by atoms with E-state index in [9.17, 15) is 5.11 Å². The third-order valence-electron chi connectivity index (χ3n) is 2.81.